The predicted octanol–water partition coefficient (Wildman–Crippen LogP) is 4.95. The number of halogens is 1. The van der Waals surface area contributed by atoms with E-state index in [9.17, 15) is 4.79 Å². The first-order valence-corrected chi connectivity index (χ1v) is 10.8. The van der Waals surface area contributed by atoms with Gasteiger partial charge in [-0.3, -0.25) is 5.32 Å². The molecule has 0 fully saturated rings. The second-order valence-corrected chi connectivity index (χ2v) is 8.73. The van der Waals surface area contributed by atoms with Crippen LogP contribution < -0.4 is 21.7 Å². The highest BCUT2D eigenvalue weighted by Gasteiger charge is 2.16. The molecule has 3 rings (SSSR count). The van der Waals surface area contributed by atoms with E-state index in [4.69, 9.17) is 22.1 Å². The Morgan fingerprint density at radius 1 is 1.09 bits per heavy atom. The minimum atomic E-state index is -0.561. The number of carbonyl (C=O) groups excluding carboxylic acids is 1. The van der Waals surface area contributed by atoms with Gasteiger partial charge in [-0.25, -0.2) is 14.8 Å². The average molecular weight is 470 g/mol. The number of carbonyl (C=O) groups is 1. The predicted molar refractivity (Wildman–Crippen MR) is 133 cm³/mol. The van der Waals surface area contributed by atoms with Gasteiger partial charge in [-0.15, -0.1) is 0 Å². The lowest BCUT2D eigenvalue weighted by atomic mass is 10.1. The van der Waals surface area contributed by atoms with Crippen molar-refractivity contribution in [1.82, 2.24) is 15.0 Å². The fourth-order valence-electron chi connectivity index (χ4n) is 2.95. The summed E-state index contributed by atoms with van der Waals surface area (Å²) in [6.45, 7) is 8.52. The summed E-state index contributed by atoms with van der Waals surface area (Å²) in [5, 5.41) is 9.75. The number of benzene rings is 1. The van der Waals surface area contributed by atoms with Gasteiger partial charge in [-0.1, -0.05) is 23.7 Å². The minimum Gasteiger partial charge on any atom is -0.444 e. The highest BCUT2D eigenvalue weighted by Crippen LogP contribution is 2.28. The van der Waals surface area contributed by atoms with Gasteiger partial charge in [0, 0.05) is 29.7 Å². The van der Waals surface area contributed by atoms with E-state index in [-0.39, 0.29) is 5.95 Å². The molecule has 1 aromatic carbocycles. The van der Waals surface area contributed by atoms with Crippen LogP contribution in [-0.4, -0.2) is 39.7 Å². The molecule has 0 saturated heterocycles. The van der Waals surface area contributed by atoms with Crippen molar-refractivity contribution in [3.8, 4) is 11.3 Å². The van der Waals surface area contributed by atoms with Crippen LogP contribution in [0.2, 0.25) is 5.02 Å². The maximum Gasteiger partial charge on any atom is 0.412 e. The minimum absolute atomic E-state index is 0.178. The third-order valence-electron chi connectivity index (χ3n) is 4.43. The first kappa shape index (κ1) is 24.1. The number of nitrogens with two attached hydrogens (primary N) is 1. The maximum atomic E-state index is 11.8. The SMILES string of the molecule is Cc1c(Cl)cccc1-c1cc(NCCNc2ccc(NC(=O)OC(C)(C)C)cn2)nc(N)n1. The number of hydrogen-bond acceptors (Lipinski definition) is 8. The third kappa shape index (κ3) is 7.21. The van der Waals surface area contributed by atoms with Gasteiger partial charge in [0.15, 0.2) is 0 Å². The quantitative estimate of drug-likeness (QED) is 0.358. The van der Waals surface area contributed by atoms with Gasteiger partial charge >= 0.3 is 6.09 Å². The Labute approximate surface area is 198 Å². The van der Waals surface area contributed by atoms with Crippen LogP contribution in [0.5, 0.6) is 0 Å². The maximum absolute atomic E-state index is 11.8. The van der Waals surface area contributed by atoms with Gasteiger partial charge in [-0.05, 0) is 51.5 Å². The second-order valence-electron chi connectivity index (χ2n) is 8.32. The Morgan fingerprint density at radius 2 is 1.82 bits per heavy atom. The topological polar surface area (TPSA) is 127 Å². The Bertz CT molecular complexity index is 1110. The second kappa shape index (κ2) is 10.4. The van der Waals surface area contributed by atoms with E-state index in [0.29, 0.717) is 41.1 Å². The number of ether oxygens (including phenoxy) is 1. The van der Waals surface area contributed by atoms with Gasteiger partial charge in [0.2, 0.25) is 5.95 Å². The normalized spacial score (nSPS) is 11.1. The number of hydrogen-bond donors (Lipinski definition) is 4. The van der Waals surface area contributed by atoms with Crippen molar-refractivity contribution in [2.24, 2.45) is 0 Å². The van der Waals surface area contributed by atoms with Crippen molar-refractivity contribution in [1.29, 1.82) is 0 Å². The molecule has 5 N–H and O–H groups in total. The molecule has 2 aromatic heterocycles. The van der Waals surface area contributed by atoms with E-state index in [0.717, 1.165) is 11.1 Å². The van der Waals surface area contributed by atoms with Gasteiger partial charge < -0.3 is 21.1 Å². The summed E-state index contributed by atoms with van der Waals surface area (Å²) >= 11 is 6.23. The van der Waals surface area contributed by atoms with Crippen molar-refractivity contribution in [3.05, 3.63) is 53.2 Å². The number of nitrogens with zero attached hydrogens (tertiary/aromatic N) is 3. The summed E-state index contributed by atoms with van der Waals surface area (Å²) < 4.78 is 5.22. The lowest BCUT2D eigenvalue weighted by Crippen LogP contribution is -2.27. The zero-order chi connectivity index (χ0) is 24.0. The van der Waals surface area contributed by atoms with Gasteiger partial charge in [0.05, 0.1) is 17.6 Å². The number of nitrogen functional groups attached to an aromatic ring is 1. The first-order valence-electron chi connectivity index (χ1n) is 10.4. The molecule has 33 heavy (non-hydrogen) atoms. The molecule has 3 aromatic rings. The summed E-state index contributed by atoms with van der Waals surface area (Å²) in [6, 6.07) is 11.0. The first-order chi connectivity index (χ1) is 15.6. The highest BCUT2D eigenvalue weighted by molar-refractivity contribution is 6.31. The molecule has 0 aliphatic heterocycles. The van der Waals surface area contributed by atoms with Crippen LogP contribution in [0.15, 0.2) is 42.6 Å². The fourth-order valence-corrected chi connectivity index (χ4v) is 3.13. The lowest BCUT2D eigenvalue weighted by molar-refractivity contribution is 0.0636. The standard InChI is InChI=1S/C23H28ClN7O2/c1-14-16(6-5-7-17(14)24)18-12-20(31-21(25)30-18)27-11-10-26-19-9-8-15(13-28-19)29-22(32)33-23(2,3)4/h5-9,12-13H,10-11H2,1-4H3,(H,26,28)(H,29,32)(H3,25,27,30,31). The number of amides is 1. The van der Waals surface area contributed by atoms with E-state index >= 15 is 0 Å². The van der Waals surface area contributed by atoms with Gasteiger partial charge in [-0.2, -0.15) is 4.98 Å². The number of aromatic nitrogens is 3. The van der Waals surface area contributed by atoms with E-state index in [2.05, 4.69) is 30.9 Å². The summed E-state index contributed by atoms with van der Waals surface area (Å²) in [4.78, 5) is 24.7. The third-order valence-corrected chi connectivity index (χ3v) is 4.84. The smallest absolute Gasteiger partial charge is 0.412 e. The Hall–Kier alpha value is -3.59. The van der Waals surface area contributed by atoms with Crippen molar-refractivity contribution in [2.45, 2.75) is 33.3 Å². The molecular weight excluding hydrogens is 442 g/mol. The van der Waals surface area contributed by atoms with E-state index in [1.165, 1.54) is 0 Å². The Balaban J connectivity index is 1.52. The highest BCUT2D eigenvalue weighted by atomic mass is 35.5. The molecule has 2 heterocycles. The van der Waals surface area contributed by atoms with Crippen LogP contribution in [0.25, 0.3) is 11.3 Å². The Morgan fingerprint density at radius 3 is 2.48 bits per heavy atom. The molecule has 9 nitrogen and oxygen atoms in total. The van der Waals surface area contributed by atoms with Gasteiger partial charge in [0.1, 0.15) is 17.2 Å². The van der Waals surface area contributed by atoms with Crippen molar-refractivity contribution in [3.63, 3.8) is 0 Å². The zero-order valence-corrected chi connectivity index (χ0v) is 19.8. The average Bonchev–Trinajstić information content (AvgIpc) is 2.72. The molecule has 0 radical (unpaired) electrons. The summed E-state index contributed by atoms with van der Waals surface area (Å²) in [6.07, 6.45) is 1.04. The molecule has 0 unspecified atom stereocenters. The number of rotatable bonds is 7. The van der Waals surface area contributed by atoms with Crippen LogP contribution in [-0.2, 0) is 4.74 Å². The monoisotopic (exact) mass is 469 g/mol. The molecule has 0 aliphatic carbocycles. The van der Waals surface area contributed by atoms with Crippen LogP contribution in [0.4, 0.5) is 28.1 Å². The molecule has 1 amide bonds. The summed E-state index contributed by atoms with van der Waals surface area (Å²) in [5.41, 5.74) is 8.43. The molecule has 0 spiro atoms. The van der Waals surface area contributed by atoms with Crippen molar-refractivity contribution < 1.29 is 9.53 Å². The van der Waals surface area contributed by atoms with E-state index in [1.807, 2.05) is 31.2 Å². The van der Waals surface area contributed by atoms with E-state index in [1.54, 1.807) is 39.1 Å². The molecule has 10 heteroatoms. The molecule has 0 aliphatic rings. The van der Waals surface area contributed by atoms with Crippen LogP contribution in [0.3, 0.4) is 0 Å². The van der Waals surface area contributed by atoms with Crippen molar-refractivity contribution in [2.75, 3.05) is 34.8 Å². The zero-order valence-electron chi connectivity index (χ0n) is 19.1. The molecule has 0 bridgehead atoms. The fraction of sp³-hybridized carbons (Fsp3) is 0.304. The Kier molecular flexibility index (Phi) is 7.55. The number of pyridine rings is 1. The summed E-state index contributed by atoms with van der Waals surface area (Å²) in [7, 11) is 0. The van der Waals surface area contributed by atoms with Crippen LogP contribution in [0, 0.1) is 6.92 Å². The number of anilines is 4. The van der Waals surface area contributed by atoms with Crippen LogP contribution >= 0.6 is 11.6 Å². The molecule has 174 valence electrons. The largest absolute Gasteiger partial charge is 0.444 e. The lowest BCUT2D eigenvalue weighted by Gasteiger charge is -2.19. The van der Waals surface area contributed by atoms with E-state index < -0.39 is 11.7 Å². The van der Waals surface area contributed by atoms with Crippen LogP contribution in [0.1, 0.15) is 26.3 Å². The molecule has 0 saturated carbocycles. The van der Waals surface area contributed by atoms with Gasteiger partial charge in [0.25, 0.3) is 0 Å². The number of nitrogens with one attached hydrogen (secondary N) is 3. The summed E-state index contributed by atoms with van der Waals surface area (Å²) in [5.74, 6) is 1.46. The molecular formula is C23H28ClN7O2. The van der Waals surface area contributed by atoms with Crippen molar-refractivity contribution >= 4 is 41.0 Å². The molecule has 0 atom stereocenters.